The molecule has 8 nitrogen and oxygen atoms in total. The van der Waals surface area contributed by atoms with Crippen LogP contribution in [-0.2, 0) is 0 Å². The van der Waals surface area contributed by atoms with Crippen LogP contribution in [-0.4, -0.2) is 56.2 Å². The molecular formula is C16H20N6O2. The smallest absolute Gasteiger partial charge is 0.271 e. The summed E-state index contributed by atoms with van der Waals surface area (Å²) in [6, 6.07) is 1.75. The van der Waals surface area contributed by atoms with Gasteiger partial charge in [0.2, 0.25) is 5.95 Å². The van der Waals surface area contributed by atoms with Gasteiger partial charge in [0.15, 0.2) is 0 Å². The zero-order valence-corrected chi connectivity index (χ0v) is 13.5. The van der Waals surface area contributed by atoms with Gasteiger partial charge in [0.1, 0.15) is 5.69 Å². The van der Waals surface area contributed by atoms with Gasteiger partial charge in [-0.15, -0.1) is 0 Å². The minimum atomic E-state index is -1.02. The zero-order valence-electron chi connectivity index (χ0n) is 13.5. The first-order valence-corrected chi connectivity index (χ1v) is 7.87. The average molecular weight is 328 g/mol. The number of piperidine rings is 1. The summed E-state index contributed by atoms with van der Waals surface area (Å²) in [6.07, 6.45) is 7.73. The molecule has 24 heavy (non-hydrogen) atoms. The maximum Gasteiger partial charge on any atom is 0.271 e. The van der Waals surface area contributed by atoms with Crippen LogP contribution in [0.25, 0.3) is 0 Å². The molecule has 2 aromatic rings. The van der Waals surface area contributed by atoms with Crippen molar-refractivity contribution in [1.82, 2.24) is 25.3 Å². The zero-order chi connectivity index (χ0) is 17.0. The predicted molar refractivity (Wildman–Crippen MR) is 87.5 cm³/mol. The SMILES string of the molecule is Cc1cnc(C(=O)NCC2(O)CCCN(c3ncccn3)C2)cn1. The quantitative estimate of drug-likeness (QED) is 0.834. The second-order valence-electron chi connectivity index (χ2n) is 6.02. The van der Waals surface area contributed by atoms with Gasteiger partial charge in [-0.2, -0.15) is 0 Å². The molecule has 2 aromatic heterocycles. The van der Waals surface area contributed by atoms with Crippen LogP contribution in [0.1, 0.15) is 29.0 Å². The Morgan fingerprint density at radius 2 is 2.08 bits per heavy atom. The van der Waals surface area contributed by atoms with Crippen LogP contribution >= 0.6 is 0 Å². The number of aryl methyl sites for hydroxylation is 1. The lowest BCUT2D eigenvalue weighted by Gasteiger charge is -2.39. The first-order chi connectivity index (χ1) is 11.6. The van der Waals surface area contributed by atoms with E-state index < -0.39 is 5.60 Å². The van der Waals surface area contributed by atoms with Crippen LogP contribution in [0.5, 0.6) is 0 Å². The fraction of sp³-hybridized carbons (Fsp3) is 0.438. The second kappa shape index (κ2) is 6.88. The number of anilines is 1. The Bertz CT molecular complexity index is 693. The highest BCUT2D eigenvalue weighted by Crippen LogP contribution is 2.23. The monoisotopic (exact) mass is 328 g/mol. The number of aliphatic hydroxyl groups is 1. The number of amides is 1. The molecular weight excluding hydrogens is 308 g/mol. The number of rotatable bonds is 4. The van der Waals surface area contributed by atoms with Crippen LogP contribution < -0.4 is 10.2 Å². The molecule has 1 fully saturated rings. The fourth-order valence-electron chi connectivity index (χ4n) is 2.73. The van der Waals surface area contributed by atoms with Gasteiger partial charge in [-0.3, -0.25) is 9.78 Å². The van der Waals surface area contributed by atoms with Crippen molar-refractivity contribution in [3.05, 3.63) is 42.2 Å². The molecule has 0 aromatic carbocycles. The molecule has 1 amide bonds. The van der Waals surface area contributed by atoms with Crippen molar-refractivity contribution in [1.29, 1.82) is 0 Å². The summed E-state index contributed by atoms with van der Waals surface area (Å²) >= 11 is 0. The second-order valence-corrected chi connectivity index (χ2v) is 6.02. The summed E-state index contributed by atoms with van der Waals surface area (Å²) in [7, 11) is 0. The van der Waals surface area contributed by atoms with E-state index >= 15 is 0 Å². The third kappa shape index (κ3) is 3.83. The van der Waals surface area contributed by atoms with Crippen molar-refractivity contribution in [2.75, 3.05) is 24.5 Å². The van der Waals surface area contributed by atoms with Crippen molar-refractivity contribution < 1.29 is 9.90 Å². The standard InChI is InChI=1S/C16H20N6O2/c1-12-8-20-13(9-19-12)14(23)21-10-16(24)4-2-7-22(11-16)15-17-5-3-6-18-15/h3,5-6,8-9,24H,2,4,7,10-11H2,1H3,(H,21,23). The van der Waals surface area contributed by atoms with Crippen molar-refractivity contribution in [2.45, 2.75) is 25.4 Å². The molecule has 2 N–H and O–H groups in total. The summed E-state index contributed by atoms with van der Waals surface area (Å²) in [6.45, 7) is 3.10. The minimum absolute atomic E-state index is 0.144. The Morgan fingerprint density at radius 1 is 1.29 bits per heavy atom. The fourth-order valence-corrected chi connectivity index (χ4v) is 2.73. The number of aromatic nitrogens is 4. The van der Waals surface area contributed by atoms with Gasteiger partial charge in [0, 0.05) is 31.7 Å². The van der Waals surface area contributed by atoms with Crippen LogP contribution in [0, 0.1) is 6.92 Å². The molecule has 1 saturated heterocycles. The van der Waals surface area contributed by atoms with Crippen molar-refractivity contribution >= 4 is 11.9 Å². The topological polar surface area (TPSA) is 104 Å². The number of nitrogens with zero attached hydrogens (tertiary/aromatic N) is 5. The molecule has 3 rings (SSSR count). The van der Waals surface area contributed by atoms with Gasteiger partial charge < -0.3 is 15.3 Å². The summed E-state index contributed by atoms with van der Waals surface area (Å²) in [5.41, 5.74) is -0.0372. The first kappa shape index (κ1) is 16.3. The number of hydrogen-bond acceptors (Lipinski definition) is 7. The van der Waals surface area contributed by atoms with Gasteiger partial charge in [-0.25, -0.2) is 15.0 Å². The Balaban J connectivity index is 1.61. The Morgan fingerprint density at radius 3 is 2.79 bits per heavy atom. The highest BCUT2D eigenvalue weighted by molar-refractivity contribution is 5.91. The maximum atomic E-state index is 12.1. The van der Waals surface area contributed by atoms with Gasteiger partial charge in [0.25, 0.3) is 5.91 Å². The lowest BCUT2D eigenvalue weighted by Crippen LogP contribution is -2.54. The van der Waals surface area contributed by atoms with E-state index in [1.165, 1.54) is 6.20 Å². The van der Waals surface area contributed by atoms with Crippen LogP contribution in [0.3, 0.4) is 0 Å². The average Bonchev–Trinajstić information content (AvgIpc) is 2.61. The highest BCUT2D eigenvalue weighted by Gasteiger charge is 2.34. The van der Waals surface area contributed by atoms with E-state index in [-0.39, 0.29) is 18.1 Å². The summed E-state index contributed by atoms with van der Waals surface area (Å²) in [5, 5.41) is 13.5. The number of carbonyl (C=O) groups excluding carboxylic acids is 1. The third-order valence-electron chi connectivity index (χ3n) is 3.98. The van der Waals surface area contributed by atoms with E-state index in [0.29, 0.717) is 18.9 Å². The molecule has 1 aliphatic heterocycles. The number of β-amino-alcohol motifs (C(OH)–C–C–N with tert-alkyl or cyclic N) is 1. The molecule has 0 spiro atoms. The Labute approximate surface area is 140 Å². The van der Waals surface area contributed by atoms with Crippen molar-refractivity contribution in [3.8, 4) is 0 Å². The van der Waals surface area contributed by atoms with E-state index in [1.807, 2.05) is 4.90 Å². The van der Waals surface area contributed by atoms with Crippen molar-refractivity contribution in [2.24, 2.45) is 0 Å². The minimum Gasteiger partial charge on any atom is -0.386 e. The molecule has 0 radical (unpaired) electrons. The lowest BCUT2D eigenvalue weighted by molar-refractivity contribution is 0.0251. The largest absolute Gasteiger partial charge is 0.386 e. The third-order valence-corrected chi connectivity index (χ3v) is 3.98. The molecule has 1 atom stereocenters. The Kier molecular flexibility index (Phi) is 4.66. The molecule has 0 bridgehead atoms. The number of nitrogens with one attached hydrogen (secondary N) is 1. The van der Waals surface area contributed by atoms with E-state index in [0.717, 1.165) is 18.7 Å². The lowest BCUT2D eigenvalue weighted by atomic mass is 9.93. The van der Waals surface area contributed by atoms with E-state index in [4.69, 9.17) is 0 Å². The highest BCUT2D eigenvalue weighted by atomic mass is 16.3. The van der Waals surface area contributed by atoms with Gasteiger partial charge in [-0.1, -0.05) is 0 Å². The molecule has 0 aliphatic carbocycles. The summed E-state index contributed by atoms with van der Waals surface area (Å²) in [4.78, 5) is 30.6. The van der Waals surface area contributed by atoms with Crippen LogP contribution in [0.15, 0.2) is 30.9 Å². The molecule has 126 valence electrons. The molecule has 1 unspecified atom stereocenters. The van der Waals surface area contributed by atoms with Crippen molar-refractivity contribution in [3.63, 3.8) is 0 Å². The number of hydrogen-bond donors (Lipinski definition) is 2. The van der Waals surface area contributed by atoms with E-state index in [1.54, 1.807) is 31.6 Å². The molecule has 3 heterocycles. The molecule has 8 heteroatoms. The maximum absolute atomic E-state index is 12.1. The van der Waals surface area contributed by atoms with Gasteiger partial charge in [-0.05, 0) is 25.8 Å². The number of carbonyl (C=O) groups is 1. The molecule has 0 saturated carbocycles. The van der Waals surface area contributed by atoms with E-state index in [9.17, 15) is 9.90 Å². The predicted octanol–water partition coefficient (Wildman–Crippen LogP) is 0.336. The molecule has 1 aliphatic rings. The van der Waals surface area contributed by atoms with Crippen LogP contribution in [0.2, 0.25) is 0 Å². The van der Waals surface area contributed by atoms with Crippen LogP contribution in [0.4, 0.5) is 5.95 Å². The van der Waals surface area contributed by atoms with Gasteiger partial charge >= 0.3 is 0 Å². The normalized spacial score (nSPS) is 20.7. The Hall–Kier alpha value is -2.61. The van der Waals surface area contributed by atoms with Gasteiger partial charge in [0.05, 0.1) is 24.0 Å². The summed E-state index contributed by atoms with van der Waals surface area (Å²) < 4.78 is 0. The van der Waals surface area contributed by atoms with E-state index in [2.05, 4.69) is 25.3 Å². The first-order valence-electron chi connectivity index (χ1n) is 7.87. The summed E-state index contributed by atoms with van der Waals surface area (Å²) in [5.74, 6) is 0.246.